The highest BCUT2D eigenvalue weighted by Gasteiger charge is 2.50. The van der Waals surface area contributed by atoms with E-state index in [0.717, 1.165) is 53.3 Å². The van der Waals surface area contributed by atoms with Crippen molar-refractivity contribution in [2.24, 2.45) is 53.3 Å². The van der Waals surface area contributed by atoms with Gasteiger partial charge in [0.15, 0.2) is 0 Å². The van der Waals surface area contributed by atoms with E-state index in [1.165, 1.54) is 44.9 Å². The number of hydrogen-bond acceptors (Lipinski definition) is 0. The Hall–Kier alpha value is 0. The van der Waals surface area contributed by atoms with Crippen LogP contribution >= 0.6 is 0 Å². The molecule has 0 heteroatoms. The van der Waals surface area contributed by atoms with Gasteiger partial charge in [-0.25, -0.2) is 0 Å². The van der Waals surface area contributed by atoms with Gasteiger partial charge in [-0.05, 0) is 72.5 Å². The first-order valence-corrected chi connectivity index (χ1v) is 15.7. The molecule has 5 atom stereocenters. The molecule has 32 heavy (non-hydrogen) atoms. The smallest absolute Gasteiger partial charge is 0.0324 e. The summed E-state index contributed by atoms with van der Waals surface area (Å²) in [5, 5.41) is 0. The lowest BCUT2D eigenvalue weighted by Gasteiger charge is -2.51. The van der Waals surface area contributed by atoms with Crippen molar-refractivity contribution >= 4 is 0 Å². The van der Waals surface area contributed by atoms with Crippen LogP contribution in [0.25, 0.3) is 0 Å². The molecule has 5 rings (SSSR count). The summed E-state index contributed by atoms with van der Waals surface area (Å²) in [6.45, 7) is 7.15. The fraction of sp³-hybridized carbons (Fsp3) is 1.00. The van der Waals surface area contributed by atoms with E-state index in [2.05, 4.69) is 20.8 Å². The Morgan fingerprint density at radius 3 is 1.72 bits per heavy atom. The molecule has 0 bridgehead atoms. The van der Waals surface area contributed by atoms with Gasteiger partial charge in [-0.1, -0.05) is 130 Å². The van der Waals surface area contributed by atoms with Gasteiger partial charge in [0.1, 0.15) is 0 Å². The van der Waals surface area contributed by atoms with Gasteiger partial charge in [0, 0.05) is 0 Å². The predicted octanol–water partition coefficient (Wildman–Crippen LogP) is 10.4. The van der Waals surface area contributed by atoms with E-state index in [9.17, 15) is 0 Å². The van der Waals surface area contributed by atoms with Crippen molar-refractivity contribution in [1.29, 1.82) is 0 Å². The van der Waals surface area contributed by atoms with Crippen molar-refractivity contribution in [3.8, 4) is 0 Å². The van der Waals surface area contributed by atoms with Gasteiger partial charge in [0.05, 0.1) is 0 Å². The van der Waals surface area contributed by atoms with E-state index in [1.54, 1.807) is 83.5 Å². The van der Waals surface area contributed by atoms with Crippen LogP contribution in [0, 0.1) is 53.3 Å². The minimum absolute atomic E-state index is 1.02. The fourth-order valence-corrected chi connectivity index (χ4v) is 9.41. The summed E-state index contributed by atoms with van der Waals surface area (Å²) in [6.07, 6.45) is 30.9. The van der Waals surface area contributed by atoms with E-state index in [4.69, 9.17) is 0 Å². The summed E-state index contributed by atoms with van der Waals surface area (Å²) < 4.78 is 0. The van der Waals surface area contributed by atoms with Crippen LogP contribution in [0.1, 0.15) is 149 Å². The van der Waals surface area contributed by atoms with Crippen molar-refractivity contribution in [2.45, 2.75) is 149 Å². The average Bonchev–Trinajstić information content (AvgIpc) is 3.52. The van der Waals surface area contributed by atoms with Crippen LogP contribution in [0.4, 0.5) is 0 Å². The van der Waals surface area contributed by atoms with E-state index < -0.39 is 0 Å². The van der Waals surface area contributed by atoms with Crippen LogP contribution in [0.5, 0.6) is 0 Å². The summed E-state index contributed by atoms with van der Waals surface area (Å²) in [5.74, 6) is 9.96. The molecule has 5 unspecified atom stereocenters. The van der Waals surface area contributed by atoms with Crippen LogP contribution in [0.3, 0.4) is 0 Å². The van der Waals surface area contributed by atoms with Crippen molar-refractivity contribution in [3.63, 3.8) is 0 Å². The van der Waals surface area contributed by atoms with Gasteiger partial charge in [-0.2, -0.15) is 0 Å². The van der Waals surface area contributed by atoms with Crippen LogP contribution in [-0.4, -0.2) is 0 Å². The van der Waals surface area contributed by atoms with Crippen molar-refractivity contribution < 1.29 is 0 Å². The van der Waals surface area contributed by atoms with Gasteiger partial charge in [-0.3, -0.25) is 0 Å². The summed E-state index contributed by atoms with van der Waals surface area (Å²) in [5.41, 5.74) is 0. The lowest BCUT2D eigenvalue weighted by atomic mass is 9.54. The number of unbranched alkanes of at least 4 members (excludes halogenated alkanes) is 1. The normalized spacial score (nSPS) is 41.2. The molecule has 5 aliphatic rings. The Balaban J connectivity index is 0.000000260. The van der Waals surface area contributed by atoms with Crippen molar-refractivity contribution in [1.82, 2.24) is 0 Å². The fourth-order valence-electron chi connectivity index (χ4n) is 9.41. The van der Waals surface area contributed by atoms with Gasteiger partial charge < -0.3 is 0 Å². The summed E-state index contributed by atoms with van der Waals surface area (Å²) in [7, 11) is 0. The Morgan fingerprint density at radius 2 is 1.09 bits per heavy atom. The minimum Gasteiger partial charge on any atom is -0.0654 e. The molecule has 0 radical (unpaired) electrons. The van der Waals surface area contributed by atoms with Crippen LogP contribution in [0.2, 0.25) is 0 Å². The van der Waals surface area contributed by atoms with Crippen LogP contribution in [0.15, 0.2) is 0 Å². The molecule has 0 aliphatic heterocycles. The first kappa shape index (κ1) is 25.1. The topological polar surface area (TPSA) is 0 Å². The number of rotatable bonds is 5. The lowest BCUT2D eigenvalue weighted by molar-refractivity contribution is -0.0225. The Kier molecular flexibility index (Phi) is 9.91. The molecule has 0 saturated heterocycles. The number of hydrogen-bond donors (Lipinski definition) is 0. The molecule has 5 fully saturated rings. The van der Waals surface area contributed by atoms with E-state index in [0.29, 0.717) is 0 Å². The van der Waals surface area contributed by atoms with Gasteiger partial charge in [-0.15, -0.1) is 0 Å². The molecule has 0 amide bonds. The molecule has 0 heterocycles. The molecular weight excluding hydrogens is 384 g/mol. The molecule has 186 valence electrons. The zero-order valence-electron chi connectivity index (χ0n) is 22.3. The maximum absolute atomic E-state index is 2.42. The van der Waals surface area contributed by atoms with Gasteiger partial charge >= 0.3 is 0 Å². The molecular formula is C32H58. The van der Waals surface area contributed by atoms with Crippen LogP contribution < -0.4 is 0 Å². The Morgan fingerprint density at radius 1 is 0.531 bits per heavy atom. The lowest BCUT2D eigenvalue weighted by Crippen LogP contribution is -2.44. The zero-order valence-corrected chi connectivity index (χ0v) is 22.3. The predicted molar refractivity (Wildman–Crippen MR) is 141 cm³/mol. The van der Waals surface area contributed by atoms with E-state index in [-0.39, 0.29) is 0 Å². The monoisotopic (exact) mass is 442 g/mol. The third-order valence-electron chi connectivity index (χ3n) is 11.2. The summed E-state index contributed by atoms with van der Waals surface area (Å²) in [6, 6.07) is 0. The third-order valence-corrected chi connectivity index (χ3v) is 11.2. The highest BCUT2D eigenvalue weighted by molar-refractivity contribution is 4.99. The SMILES string of the molecule is CC1CCC(C)CC1.CCCCC1C(C2CCCCC2)CC2CCCC2C1C1CCCC1. The highest BCUT2D eigenvalue weighted by Crippen LogP contribution is 2.58. The van der Waals surface area contributed by atoms with Crippen molar-refractivity contribution in [3.05, 3.63) is 0 Å². The molecule has 0 aromatic rings. The second kappa shape index (κ2) is 12.6. The van der Waals surface area contributed by atoms with Crippen molar-refractivity contribution in [2.75, 3.05) is 0 Å². The van der Waals surface area contributed by atoms with Gasteiger partial charge in [0.2, 0.25) is 0 Å². The highest BCUT2D eigenvalue weighted by atomic mass is 14.5. The summed E-state index contributed by atoms with van der Waals surface area (Å²) >= 11 is 0. The molecule has 0 N–H and O–H groups in total. The van der Waals surface area contributed by atoms with Gasteiger partial charge in [0.25, 0.3) is 0 Å². The van der Waals surface area contributed by atoms with Crippen LogP contribution in [-0.2, 0) is 0 Å². The molecule has 0 spiro atoms. The second-order valence-electron chi connectivity index (χ2n) is 13.4. The third kappa shape index (κ3) is 6.36. The second-order valence-corrected chi connectivity index (χ2v) is 13.4. The molecule has 0 aromatic carbocycles. The molecule has 0 aromatic heterocycles. The number of fused-ring (bicyclic) bond motifs is 1. The minimum atomic E-state index is 1.02. The first-order chi connectivity index (χ1) is 15.7. The largest absolute Gasteiger partial charge is 0.0654 e. The maximum atomic E-state index is 2.42. The zero-order chi connectivity index (χ0) is 22.3. The summed E-state index contributed by atoms with van der Waals surface area (Å²) in [4.78, 5) is 0. The molecule has 5 saturated carbocycles. The standard InChI is InChI=1S/C24H42.C8H16/c1-2-3-15-22-23(18-10-5-4-6-11-18)17-20-14-9-16-21(20)24(22)19-12-7-8-13-19;1-7-3-5-8(2)6-4-7/h18-24H,2-17H2,1H3;7-8H,3-6H2,1-2H3. The first-order valence-electron chi connectivity index (χ1n) is 15.7. The average molecular weight is 443 g/mol. The van der Waals surface area contributed by atoms with E-state index in [1.807, 2.05) is 0 Å². The molecule has 0 nitrogen and oxygen atoms in total. The van der Waals surface area contributed by atoms with E-state index >= 15 is 0 Å². The quantitative estimate of drug-likeness (QED) is 0.397. The Labute approximate surface area is 202 Å². The maximum Gasteiger partial charge on any atom is -0.0324 e. The Bertz CT molecular complexity index is 492. The molecule has 5 aliphatic carbocycles.